The van der Waals surface area contributed by atoms with Crippen LogP contribution in [0, 0.1) is 0 Å². The summed E-state index contributed by atoms with van der Waals surface area (Å²) in [6.07, 6.45) is 2.44. The number of amides is 2. The molecule has 0 aromatic heterocycles. The largest absolute Gasteiger partial charge is 0.490 e. The quantitative estimate of drug-likeness (QED) is 0.632. The monoisotopic (exact) mass is 380 g/mol. The molecule has 1 heterocycles. The molecule has 2 N–H and O–H groups in total. The fraction of sp³-hybridized carbons (Fsp3) is 0.579. The summed E-state index contributed by atoms with van der Waals surface area (Å²) in [5.74, 6) is 0.0974. The van der Waals surface area contributed by atoms with Crippen molar-refractivity contribution < 1.29 is 28.5 Å². The molecule has 0 saturated carbocycles. The van der Waals surface area contributed by atoms with Gasteiger partial charge >= 0.3 is 0 Å². The van der Waals surface area contributed by atoms with Crippen LogP contribution >= 0.6 is 0 Å². The predicted octanol–water partition coefficient (Wildman–Crippen LogP) is 1.59. The first kappa shape index (κ1) is 21.0. The standard InChI is InChI=1S/C19H28N2O6/c1-3-24-16-9-4-5-10-17(16)27-13-18(22)20-21-19(23)14(2)26-12-15-8-6-7-11-25-15/h4-5,9-10,14-15H,3,6-8,11-13H2,1-2H3,(H,20,22)(H,21,23). The van der Waals surface area contributed by atoms with Gasteiger partial charge in [-0.2, -0.15) is 0 Å². The van der Waals surface area contributed by atoms with E-state index in [1.807, 2.05) is 13.0 Å². The second-order valence-corrected chi connectivity index (χ2v) is 6.17. The average molecular weight is 380 g/mol. The van der Waals surface area contributed by atoms with E-state index in [0.717, 1.165) is 25.9 Å². The summed E-state index contributed by atoms with van der Waals surface area (Å²) in [5, 5.41) is 0. The number of para-hydroxylation sites is 2. The number of hydrogen-bond acceptors (Lipinski definition) is 6. The Kier molecular flexibility index (Phi) is 8.86. The van der Waals surface area contributed by atoms with Gasteiger partial charge in [0.15, 0.2) is 18.1 Å². The van der Waals surface area contributed by atoms with E-state index in [1.54, 1.807) is 25.1 Å². The molecule has 1 saturated heterocycles. The van der Waals surface area contributed by atoms with E-state index in [0.29, 0.717) is 24.7 Å². The van der Waals surface area contributed by atoms with Gasteiger partial charge in [-0.3, -0.25) is 20.4 Å². The van der Waals surface area contributed by atoms with Gasteiger partial charge in [0, 0.05) is 6.61 Å². The van der Waals surface area contributed by atoms with Crippen molar-refractivity contribution in [3.05, 3.63) is 24.3 Å². The van der Waals surface area contributed by atoms with Crippen molar-refractivity contribution in [1.29, 1.82) is 0 Å². The Morgan fingerprint density at radius 3 is 2.59 bits per heavy atom. The zero-order chi connectivity index (χ0) is 19.5. The van der Waals surface area contributed by atoms with Gasteiger partial charge in [-0.1, -0.05) is 12.1 Å². The summed E-state index contributed by atoms with van der Waals surface area (Å²) in [6.45, 7) is 4.82. The minimum absolute atomic E-state index is 0.0300. The summed E-state index contributed by atoms with van der Waals surface area (Å²) < 4.78 is 21.9. The van der Waals surface area contributed by atoms with Crippen LogP contribution in [0.1, 0.15) is 33.1 Å². The molecule has 1 aromatic rings. The molecule has 0 spiro atoms. The maximum atomic E-state index is 12.0. The minimum Gasteiger partial charge on any atom is -0.490 e. The summed E-state index contributed by atoms with van der Waals surface area (Å²) in [4.78, 5) is 23.8. The summed E-state index contributed by atoms with van der Waals surface area (Å²) in [6, 6.07) is 7.07. The van der Waals surface area contributed by atoms with Crippen molar-refractivity contribution in [3.8, 4) is 11.5 Å². The SMILES string of the molecule is CCOc1ccccc1OCC(=O)NNC(=O)C(C)OCC1CCCCO1. The molecule has 1 fully saturated rings. The highest BCUT2D eigenvalue weighted by Crippen LogP contribution is 2.26. The molecule has 0 radical (unpaired) electrons. The molecule has 0 aliphatic carbocycles. The number of ether oxygens (including phenoxy) is 4. The predicted molar refractivity (Wildman–Crippen MR) is 98.4 cm³/mol. The summed E-state index contributed by atoms with van der Waals surface area (Å²) in [5.41, 5.74) is 4.64. The molecule has 1 aliphatic heterocycles. The second-order valence-electron chi connectivity index (χ2n) is 6.17. The molecule has 150 valence electrons. The molecule has 2 unspecified atom stereocenters. The molecule has 2 rings (SSSR count). The summed E-state index contributed by atoms with van der Waals surface area (Å²) >= 11 is 0. The molecule has 8 heteroatoms. The zero-order valence-electron chi connectivity index (χ0n) is 15.9. The van der Waals surface area contributed by atoms with Crippen LogP contribution in [-0.2, 0) is 19.1 Å². The first-order valence-electron chi connectivity index (χ1n) is 9.26. The van der Waals surface area contributed by atoms with Crippen molar-refractivity contribution in [2.24, 2.45) is 0 Å². The van der Waals surface area contributed by atoms with Gasteiger partial charge in [0.2, 0.25) is 0 Å². The first-order valence-corrected chi connectivity index (χ1v) is 9.26. The minimum atomic E-state index is -0.699. The number of rotatable bonds is 9. The number of carbonyl (C=O) groups is 2. The van der Waals surface area contributed by atoms with Crippen LogP contribution in [0.2, 0.25) is 0 Å². The van der Waals surface area contributed by atoms with Crippen LogP contribution < -0.4 is 20.3 Å². The highest BCUT2D eigenvalue weighted by molar-refractivity contribution is 5.84. The molecule has 1 aliphatic rings. The van der Waals surface area contributed by atoms with Crippen molar-refractivity contribution in [3.63, 3.8) is 0 Å². The zero-order valence-corrected chi connectivity index (χ0v) is 15.9. The van der Waals surface area contributed by atoms with Crippen LogP contribution in [0.4, 0.5) is 0 Å². The van der Waals surface area contributed by atoms with Gasteiger partial charge in [0.1, 0.15) is 6.10 Å². The highest BCUT2D eigenvalue weighted by atomic mass is 16.5. The highest BCUT2D eigenvalue weighted by Gasteiger charge is 2.19. The number of benzene rings is 1. The van der Waals surface area contributed by atoms with E-state index >= 15 is 0 Å². The van der Waals surface area contributed by atoms with Crippen molar-refractivity contribution >= 4 is 11.8 Å². The number of nitrogens with one attached hydrogen (secondary N) is 2. The molecular formula is C19H28N2O6. The van der Waals surface area contributed by atoms with Gasteiger partial charge in [-0.05, 0) is 45.2 Å². The fourth-order valence-corrected chi connectivity index (χ4v) is 2.52. The Labute approximate surface area is 159 Å². The second kappa shape index (κ2) is 11.4. The first-order chi connectivity index (χ1) is 13.1. The Balaban J connectivity index is 1.66. The van der Waals surface area contributed by atoms with Crippen LogP contribution in [-0.4, -0.2) is 50.4 Å². The van der Waals surface area contributed by atoms with E-state index in [2.05, 4.69) is 10.9 Å². The lowest BCUT2D eigenvalue weighted by Gasteiger charge is -2.23. The van der Waals surface area contributed by atoms with Gasteiger partial charge in [-0.15, -0.1) is 0 Å². The lowest BCUT2D eigenvalue weighted by molar-refractivity contribution is -0.139. The van der Waals surface area contributed by atoms with Crippen molar-refractivity contribution in [1.82, 2.24) is 10.9 Å². The maximum Gasteiger partial charge on any atom is 0.276 e. The number of hydrazine groups is 1. The normalized spacial score (nSPS) is 17.6. The molecule has 2 atom stereocenters. The Bertz CT molecular complexity index is 604. The fourth-order valence-electron chi connectivity index (χ4n) is 2.52. The van der Waals surface area contributed by atoms with Crippen LogP contribution in [0.5, 0.6) is 11.5 Å². The Morgan fingerprint density at radius 2 is 1.93 bits per heavy atom. The Hall–Kier alpha value is -2.32. The van der Waals surface area contributed by atoms with Crippen LogP contribution in [0.3, 0.4) is 0 Å². The Morgan fingerprint density at radius 1 is 1.19 bits per heavy atom. The lowest BCUT2D eigenvalue weighted by Crippen LogP contribution is -2.48. The number of carbonyl (C=O) groups excluding carboxylic acids is 2. The maximum absolute atomic E-state index is 12.0. The van der Waals surface area contributed by atoms with E-state index in [4.69, 9.17) is 18.9 Å². The topological polar surface area (TPSA) is 95.1 Å². The molecule has 8 nitrogen and oxygen atoms in total. The molecular weight excluding hydrogens is 352 g/mol. The van der Waals surface area contributed by atoms with Gasteiger partial charge in [0.25, 0.3) is 11.8 Å². The van der Waals surface area contributed by atoms with Crippen LogP contribution in [0.15, 0.2) is 24.3 Å². The molecule has 0 bridgehead atoms. The lowest BCUT2D eigenvalue weighted by atomic mass is 10.1. The van der Waals surface area contributed by atoms with Gasteiger partial charge in [0.05, 0.1) is 19.3 Å². The average Bonchev–Trinajstić information content (AvgIpc) is 2.70. The third kappa shape index (κ3) is 7.44. The van der Waals surface area contributed by atoms with E-state index < -0.39 is 17.9 Å². The van der Waals surface area contributed by atoms with E-state index in [-0.39, 0.29) is 12.7 Å². The third-order valence-corrected chi connectivity index (χ3v) is 4.01. The molecule has 1 aromatic carbocycles. The van der Waals surface area contributed by atoms with E-state index in [1.165, 1.54) is 0 Å². The van der Waals surface area contributed by atoms with Gasteiger partial charge in [-0.25, -0.2) is 0 Å². The smallest absolute Gasteiger partial charge is 0.276 e. The van der Waals surface area contributed by atoms with E-state index in [9.17, 15) is 9.59 Å². The third-order valence-electron chi connectivity index (χ3n) is 4.01. The number of hydrogen-bond donors (Lipinski definition) is 2. The molecule has 2 amide bonds. The summed E-state index contributed by atoms with van der Waals surface area (Å²) in [7, 11) is 0. The van der Waals surface area contributed by atoms with Crippen LogP contribution in [0.25, 0.3) is 0 Å². The van der Waals surface area contributed by atoms with Gasteiger partial charge < -0.3 is 18.9 Å². The van der Waals surface area contributed by atoms with Crippen molar-refractivity contribution in [2.75, 3.05) is 26.4 Å². The molecule has 27 heavy (non-hydrogen) atoms. The van der Waals surface area contributed by atoms with Crippen molar-refractivity contribution in [2.45, 2.75) is 45.3 Å².